The van der Waals surface area contributed by atoms with Gasteiger partial charge in [0, 0.05) is 17.0 Å². The van der Waals surface area contributed by atoms with Crippen LogP contribution in [0.4, 0.5) is 10.1 Å². The highest BCUT2D eigenvalue weighted by atomic mass is 35.5. The fraction of sp³-hybridized carbons (Fsp3) is 0.200. The summed E-state index contributed by atoms with van der Waals surface area (Å²) in [6.45, 7) is 1.54. The number of carbonyl (C=O) groups is 1. The Morgan fingerprint density at radius 3 is 2.57 bits per heavy atom. The zero-order valence-corrected chi connectivity index (χ0v) is 16.4. The van der Waals surface area contributed by atoms with E-state index in [1.807, 2.05) is 0 Å². The largest absolute Gasteiger partial charge is 0.394 e. The summed E-state index contributed by atoms with van der Waals surface area (Å²) in [5.74, 6) is -1.02. The van der Waals surface area contributed by atoms with E-state index in [0.29, 0.717) is 22.0 Å². The van der Waals surface area contributed by atoms with Crippen LogP contribution in [0, 0.1) is 5.82 Å². The minimum atomic E-state index is -0.603. The molecule has 0 saturated carbocycles. The molecule has 1 atom stereocenters. The summed E-state index contributed by atoms with van der Waals surface area (Å²) < 4.78 is 15.0. The van der Waals surface area contributed by atoms with Gasteiger partial charge in [-0.05, 0) is 42.8 Å². The number of nitrogens with one attached hydrogen (secondary N) is 1. The highest BCUT2D eigenvalue weighted by Gasteiger charge is 2.15. The maximum Gasteiger partial charge on any atom is 0.258 e. The molecule has 0 aliphatic carbocycles. The number of benzene rings is 2. The van der Waals surface area contributed by atoms with Crippen molar-refractivity contribution in [2.75, 3.05) is 11.9 Å². The Morgan fingerprint density at radius 2 is 1.89 bits per heavy atom. The number of halogens is 3. The molecule has 0 aliphatic heterocycles. The number of aliphatic hydroxyl groups excluding tert-OH is 1. The van der Waals surface area contributed by atoms with E-state index in [2.05, 4.69) is 5.32 Å². The minimum absolute atomic E-state index is 0.0188. The van der Waals surface area contributed by atoms with Crippen LogP contribution in [0.25, 0.3) is 10.8 Å². The summed E-state index contributed by atoms with van der Waals surface area (Å²) in [5, 5.41) is 13.1. The first kappa shape index (κ1) is 20.3. The maximum atomic E-state index is 13.6. The minimum Gasteiger partial charge on any atom is -0.394 e. The van der Waals surface area contributed by atoms with Crippen molar-refractivity contribution >= 4 is 45.6 Å². The molecule has 1 unspecified atom stereocenters. The second-order valence-electron chi connectivity index (χ2n) is 6.42. The van der Waals surface area contributed by atoms with Gasteiger partial charge in [0.2, 0.25) is 5.91 Å². The Hall–Kier alpha value is -2.41. The van der Waals surface area contributed by atoms with Crippen LogP contribution in [0.5, 0.6) is 0 Å². The summed E-state index contributed by atoms with van der Waals surface area (Å²) in [4.78, 5) is 25.1. The lowest BCUT2D eigenvalue weighted by atomic mass is 10.1. The van der Waals surface area contributed by atoms with Gasteiger partial charge < -0.3 is 15.0 Å². The zero-order valence-electron chi connectivity index (χ0n) is 14.9. The summed E-state index contributed by atoms with van der Waals surface area (Å²) >= 11 is 11.9. The smallest absolute Gasteiger partial charge is 0.258 e. The van der Waals surface area contributed by atoms with Gasteiger partial charge in [0.1, 0.15) is 5.82 Å². The molecule has 28 heavy (non-hydrogen) atoms. The topological polar surface area (TPSA) is 71.3 Å². The Morgan fingerprint density at radius 1 is 1.18 bits per heavy atom. The van der Waals surface area contributed by atoms with E-state index in [1.165, 1.54) is 22.8 Å². The fourth-order valence-electron chi connectivity index (χ4n) is 2.89. The number of rotatable bonds is 5. The molecule has 0 fully saturated rings. The Balaban J connectivity index is 1.94. The molecule has 3 aromatic rings. The molecule has 2 N–H and O–H groups in total. The number of carbonyl (C=O) groups excluding carboxylic acids is 1. The number of fused-ring (bicyclic) bond motifs is 1. The Labute approximate surface area is 170 Å². The van der Waals surface area contributed by atoms with Crippen molar-refractivity contribution < 1.29 is 14.3 Å². The van der Waals surface area contributed by atoms with Crippen LogP contribution in [-0.2, 0) is 11.2 Å². The van der Waals surface area contributed by atoms with Gasteiger partial charge in [-0.15, -0.1) is 0 Å². The van der Waals surface area contributed by atoms with Crippen molar-refractivity contribution in [3.05, 3.63) is 74.4 Å². The summed E-state index contributed by atoms with van der Waals surface area (Å²) in [7, 11) is 0. The normalized spacial score (nSPS) is 12.2. The number of anilines is 1. The molecule has 1 aromatic heterocycles. The van der Waals surface area contributed by atoms with Crippen molar-refractivity contribution in [1.82, 2.24) is 4.57 Å². The SMILES string of the molecule is CC(CO)n1ccc2c(NC(=O)Cc3ccc(Cl)c(F)c3)c(Cl)ccc2c1=O. The molecule has 1 amide bonds. The molecule has 8 heteroatoms. The van der Waals surface area contributed by atoms with Crippen LogP contribution in [-0.4, -0.2) is 22.2 Å². The van der Waals surface area contributed by atoms with Crippen LogP contribution in [0.3, 0.4) is 0 Å². The van der Waals surface area contributed by atoms with Gasteiger partial charge in [-0.1, -0.05) is 29.3 Å². The Bertz CT molecular complexity index is 1110. The molecule has 1 heterocycles. The first-order valence-corrected chi connectivity index (χ1v) is 9.25. The van der Waals surface area contributed by atoms with E-state index in [4.69, 9.17) is 23.2 Å². The zero-order chi connectivity index (χ0) is 20.4. The molecule has 5 nitrogen and oxygen atoms in total. The second kappa shape index (κ2) is 8.31. The number of hydrogen-bond acceptors (Lipinski definition) is 3. The van der Waals surface area contributed by atoms with E-state index in [0.717, 1.165) is 0 Å². The van der Waals surface area contributed by atoms with Gasteiger partial charge >= 0.3 is 0 Å². The third kappa shape index (κ3) is 4.04. The number of amides is 1. The third-order valence-corrected chi connectivity index (χ3v) is 5.04. The van der Waals surface area contributed by atoms with Gasteiger partial charge in [-0.2, -0.15) is 0 Å². The predicted octanol–water partition coefficient (Wildman–Crippen LogP) is 4.18. The first-order chi connectivity index (χ1) is 13.3. The van der Waals surface area contributed by atoms with Crippen molar-refractivity contribution in [2.45, 2.75) is 19.4 Å². The van der Waals surface area contributed by atoms with Crippen molar-refractivity contribution in [3.8, 4) is 0 Å². The van der Waals surface area contributed by atoms with E-state index in [9.17, 15) is 19.1 Å². The highest BCUT2D eigenvalue weighted by molar-refractivity contribution is 6.35. The molecule has 3 rings (SSSR count). The van der Waals surface area contributed by atoms with E-state index in [-0.39, 0.29) is 34.7 Å². The van der Waals surface area contributed by atoms with Gasteiger partial charge in [0.25, 0.3) is 5.56 Å². The third-order valence-electron chi connectivity index (χ3n) is 4.41. The molecule has 0 saturated heterocycles. The summed E-state index contributed by atoms with van der Waals surface area (Å²) in [5.41, 5.74) is 0.459. The highest BCUT2D eigenvalue weighted by Crippen LogP contribution is 2.30. The maximum absolute atomic E-state index is 13.6. The molecule has 146 valence electrons. The van der Waals surface area contributed by atoms with Crippen molar-refractivity contribution in [1.29, 1.82) is 0 Å². The lowest BCUT2D eigenvalue weighted by Gasteiger charge is -2.15. The predicted molar refractivity (Wildman–Crippen MR) is 109 cm³/mol. The van der Waals surface area contributed by atoms with Crippen LogP contribution in [0.1, 0.15) is 18.5 Å². The van der Waals surface area contributed by atoms with Crippen LogP contribution >= 0.6 is 23.2 Å². The van der Waals surface area contributed by atoms with E-state index < -0.39 is 11.7 Å². The van der Waals surface area contributed by atoms with Crippen LogP contribution in [0.2, 0.25) is 10.0 Å². The number of aromatic nitrogens is 1. The number of nitrogens with zero attached hydrogens (tertiary/aromatic N) is 1. The number of hydrogen-bond donors (Lipinski definition) is 2. The average molecular weight is 423 g/mol. The van der Waals surface area contributed by atoms with E-state index in [1.54, 1.807) is 31.3 Å². The van der Waals surface area contributed by atoms with Gasteiger partial charge in [0.05, 0.1) is 34.8 Å². The van der Waals surface area contributed by atoms with Crippen molar-refractivity contribution in [2.24, 2.45) is 0 Å². The molecule has 0 radical (unpaired) electrons. The van der Waals surface area contributed by atoms with Crippen molar-refractivity contribution in [3.63, 3.8) is 0 Å². The summed E-state index contributed by atoms with van der Waals surface area (Å²) in [6.07, 6.45) is 1.46. The number of aliphatic hydroxyl groups is 1. The lowest BCUT2D eigenvalue weighted by Crippen LogP contribution is -2.25. The quantitative estimate of drug-likeness (QED) is 0.647. The first-order valence-electron chi connectivity index (χ1n) is 8.49. The molecular weight excluding hydrogens is 406 g/mol. The van der Waals surface area contributed by atoms with Gasteiger partial charge in [-0.3, -0.25) is 9.59 Å². The second-order valence-corrected chi connectivity index (χ2v) is 7.23. The summed E-state index contributed by atoms with van der Waals surface area (Å²) in [6, 6.07) is 8.51. The molecular formula is C20H17Cl2FN2O3. The van der Waals surface area contributed by atoms with Gasteiger partial charge in [0.15, 0.2) is 0 Å². The molecule has 0 bridgehead atoms. The standard InChI is InChI=1S/C20H17Cl2FN2O3/c1-11(10-26)25-7-6-13-14(20(25)28)3-5-16(22)19(13)24-18(27)9-12-2-4-15(21)17(23)8-12/h2-8,11,26H,9-10H2,1H3,(H,24,27). The average Bonchev–Trinajstić information content (AvgIpc) is 2.66. The molecule has 0 spiro atoms. The fourth-order valence-corrected chi connectivity index (χ4v) is 3.22. The molecule has 2 aromatic carbocycles. The number of pyridine rings is 1. The van der Waals surface area contributed by atoms with Crippen LogP contribution in [0.15, 0.2) is 47.4 Å². The van der Waals surface area contributed by atoms with Crippen LogP contribution < -0.4 is 10.9 Å². The molecule has 0 aliphatic rings. The monoisotopic (exact) mass is 422 g/mol. The van der Waals surface area contributed by atoms with Gasteiger partial charge in [-0.25, -0.2) is 4.39 Å². The lowest BCUT2D eigenvalue weighted by molar-refractivity contribution is -0.115. The Kier molecular flexibility index (Phi) is 6.03. The van der Waals surface area contributed by atoms with E-state index >= 15 is 0 Å².